The number of benzene rings is 2. The fourth-order valence-electron chi connectivity index (χ4n) is 4.01. The second kappa shape index (κ2) is 8.71. The van der Waals surface area contributed by atoms with Crippen LogP contribution >= 0.6 is 0 Å². The van der Waals surface area contributed by atoms with Crippen LogP contribution in [0.1, 0.15) is 53.1 Å². The van der Waals surface area contributed by atoms with Crippen molar-refractivity contribution in [1.29, 1.82) is 0 Å². The molecule has 7 nitrogen and oxygen atoms in total. The van der Waals surface area contributed by atoms with Crippen molar-refractivity contribution in [2.75, 3.05) is 18.4 Å². The van der Waals surface area contributed by atoms with Crippen LogP contribution in [-0.4, -0.2) is 39.9 Å². The van der Waals surface area contributed by atoms with Crippen molar-refractivity contribution in [3.05, 3.63) is 65.0 Å². The van der Waals surface area contributed by atoms with Crippen molar-refractivity contribution in [3.63, 3.8) is 0 Å². The molecular formula is C24H26N4O3. The number of anilines is 1. The minimum atomic E-state index is -0.119. The number of likely N-dealkylation sites (tertiary alicyclic amines) is 1. The Morgan fingerprint density at radius 1 is 1.13 bits per heavy atom. The standard InChI is InChI=1S/C24H26N4O3/c1-15-6-11-21(16(2)13-15)24(30)28-12-4-5-19(14-28)23-26-22(27-31-23)18-7-9-20(10-8-18)25-17(3)29/h6-11,13,19H,4-5,12,14H2,1-3H3,(H,25,29)/t19-/m1/s1. The molecule has 0 radical (unpaired) electrons. The zero-order valence-corrected chi connectivity index (χ0v) is 18.0. The molecule has 3 aromatic rings. The molecule has 1 N–H and O–H groups in total. The number of hydrogen-bond acceptors (Lipinski definition) is 5. The Labute approximate surface area is 181 Å². The van der Waals surface area contributed by atoms with Gasteiger partial charge in [-0.15, -0.1) is 0 Å². The summed E-state index contributed by atoms with van der Waals surface area (Å²) in [7, 11) is 0. The zero-order chi connectivity index (χ0) is 22.0. The van der Waals surface area contributed by atoms with Crippen LogP contribution in [0.15, 0.2) is 47.0 Å². The van der Waals surface area contributed by atoms with Gasteiger partial charge in [0.15, 0.2) is 0 Å². The lowest BCUT2D eigenvalue weighted by molar-refractivity contribution is -0.114. The van der Waals surface area contributed by atoms with Gasteiger partial charge in [0.25, 0.3) is 5.91 Å². The van der Waals surface area contributed by atoms with Gasteiger partial charge in [-0.05, 0) is 62.6 Å². The van der Waals surface area contributed by atoms with Crippen LogP contribution in [-0.2, 0) is 4.79 Å². The number of piperidine rings is 1. The molecule has 1 aliphatic rings. The van der Waals surface area contributed by atoms with Gasteiger partial charge in [-0.3, -0.25) is 9.59 Å². The number of carbonyl (C=O) groups excluding carboxylic acids is 2. The third kappa shape index (κ3) is 4.66. The van der Waals surface area contributed by atoms with E-state index in [4.69, 9.17) is 4.52 Å². The number of carbonyl (C=O) groups is 2. The van der Waals surface area contributed by atoms with Gasteiger partial charge in [-0.2, -0.15) is 4.98 Å². The number of aryl methyl sites for hydroxylation is 2. The number of nitrogens with zero attached hydrogens (tertiary/aromatic N) is 3. The Morgan fingerprint density at radius 3 is 2.61 bits per heavy atom. The van der Waals surface area contributed by atoms with Crippen LogP contribution < -0.4 is 5.32 Å². The first-order chi connectivity index (χ1) is 14.9. The van der Waals surface area contributed by atoms with Gasteiger partial charge in [0.05, 0.1) is 5.92 Å². The van der Waals surface area contributed by atoms with E-state index in [0.29, 0.717) is 23.9 Å². The summed E-state index contributed by atoms with van der Waals surface area (Å²) in [5, 5.41) is 6.86. The molecule has 4 rings (SSSR count). The molecule has 1 atom stereocenters. The van der Waals surface area contributed by atoms with Crippen molar-refractivity contribution >= 4 is 17.5 Å². The third-order valence-electron chi connectivity index (χ3n) is 5.58. The van der Waals surface area contributed by atoms with E-state index in [-0.39, 0.29) is 17.7 Å². The van der Waals surface area contributed by atoms with E-state index in [9.17, 15) is 9.59 Å². The van der Waals surface area contributed by atoms with E-state index >= 15 is 0 Å². The molecule has 7 heteroatoms. The Kier molecular flexibility index (Phi) is 5.84. The lowest BCUT2D eigenvalue weighted by Crippen LogP contribution is -2.39. The number of amides is 2. The summed E-state index contributed by atoms with van der Waals surface area (Å²) in [4.78, 5) is 30.7. The van der Waals surface area contributed by atoms with E-state index in [0.717, 1.165) is 41.6 Å². The van der Waals surface area contributed by atoms with Gasteiger partial charge in [0, 0.05) is 36.8 Å². The molecule has 1 saturated heterocycles. The molecule has 2 amide bonds. The van der Waals surface area contributed by atoms with Gasteiger partial charge in [0.1, 0.15) is 0 Å². The van der Waals surface area contributed by atoms with Crippen molar-refractivity contribution in [3.8, 4) is 11.4 Å². The molecule has 0 spiro atoms. The summed E-state index contributed by atoms with van der Waals surface area (Å²) in [5.41, 5.74) is 4.41. The SMILES string of the molecule is CC(=O)Nc1ccc(-c2noc([C@@H]3CCCN(C(=O)c4ccc(C)cc4C)C3)n2)cc1. The first-order valence-corrected chi connectivity index (χ1v) is 10.5. The Hall–Kier alpha value is -3.48. The van der Waals surface area contributed by atoms with Crippen LogP contribution in [0.25, 0.3) is 11.4 Å². The maximum Gasteiger partial charge on any atom is 0.254 e. The monoisotopic (exact) mass is 418 g/mol. The van der Waals surface area contributed by atoms with Gasteiger partial charge in [-0.1, -0.05) is 22.9 Å². The molecule has 0 saturated carbocycles. The average molecular weight is 418 g/mol. The van der Waals surface area contributed by atoms with Crippen molar-refractivity contribution in [1.82, 2.24) is 15.0 Å². The Bertz CT molecular complexity index is 1100. The second-order valence-electron chi connectivity index (χ2n) is 8.12. The molecule has 31 heavy (non-hydrogen) atoms. The van der Waals surface area contributed by atoms with Crippen LogP contribution in [0.3, 0.4) is 0 Å². The summed E-state index contributed by atoms with van der Waals surface area (Å²) < 4.78 is 5.56. The highest BCUT2D eigenvalue weighted by molar-refractivity contribution is 5.95. The van der Waals surface area contributed by atoms with E-state index in [1.165, 1.54) is 6.92 Å². The van der Waals surface area contributed by atoms with Crippen LogP contribution in [0.2, 0.25) is 0 Å². The molecule has 1 fully saturated rings. The van der Waals surface area contributed by atoms with Gasteiger partial charge >= 0.3 is 0 Å². The fourth-order valence-corrected chi connectivity index (χ4v) is 4.01. The largest absolute Gasteiger partial charge is 0.339 e. The maximum atomic E-state index is 13.1. The minimum absolute atomic E-state index is 0.0170. The number of rotatable bonds is 4. The van der Waals surface area contributed by atoms with E-state index in [1.807, 2.05) is 49.1 Å². The molecular weight excluding hydrogens is 392 g/mol. The highest BCUT2D eigenvalue weighted by atomic mass is 16.5. The van der Waals surface area contributed by atoms with E-state index < -0.39 is 0 Å². The number of nitrogens with one attached hydrogen (secondary N) is 1. The van der Waals surface area contributed by atoms with E-state index in [1.54, 1.807) is 12.1 Å². The highest BCUT2D eigenvalue weighted by Gasteiger charge is 2.29. The molecule has 1 aromatic heterocycles. The lowest BCUT2D eigenvalue weighted by atomic mass is 9.96. The molecule has 1 aliphatic heterocycles. The number of aromatic nitrogens is 2. The minimum Gasteiger partial charge on any atom is -0.339 e. The molecule has 2 aromatic carbocycles. The van der Waals surface area contributed by atoms with Crippen LogP contribution in [0, 0.1) is 13.8 Å². The molecule has 0 aliphatic carbocycles. The first-order valence-electron chi connectivity index (χ1n) is 10.5. The quantitative estimate of drug-likeness (QED) is 0.681. The molecule has 0 unspecified atom stereocenters. The van der Waals surface area contributed by atoms with E-state index in [2.05, 4.69) is 15.5 Å². The Morgan fingerprint density at radius 2 is 1.90 bits per heavy atom. The number of hydrogen-bond donors (Lipinski definition) is 1. The summed E-state index contributed by atoms with van der Waals surface area (Å²) in [6, 6.07) is 13.2. The third-order valence-corrected chi connectivity index (χ3v) is 5.58. The van der Waals surface area contributed by atoms with Crippen molar-refractivity contribution in [2.24, 2.45) is 0 Å². The smallest absolute Gasteiger partial charge is 0.254 e. The summed E-state index contributed by atoms with van der Waals surface area (Å²) in [5.74, 6) is 1.01. The topological polar surface area (TPSA) is 88.3 Å². The van der Waals surface area contributed by atoms with Gasteiger partial charge in [-0.25, -0.2) is 0 Å². The fraction of sp³-hybridized carbons (Fsp3) is 0.333. The average Bonchev–Trinajstić information content (AvgIpc) is 3.24. The second-order valence-corrected chi connectivity index (χ2v) is 8.12. The summed E-state index contributed by atoms with van der Waals surface area (Å²) >= 11 is 0. The predicted octanol–water partition coefficient (Wildman–Crippen LogP) is 4.33. The molecule has 2 heterocycles. The molecule has 0 bridgehead atoms. The summed E-state index contributed by atoms with van der Waals surface area (Å²) in [6.07, 6.45) is 1.80. The lowest BCUT2D eigenvalue weighted by Gasteiger charge is -2.31. The van der Waals surface area contributed by atoms with Gasteiger partial charge < -0.3 is 14.7 Å². The maximum absolute atomic E-state index is 13.1. The first kappa shape index (κ1) is 20.8. The van der Waals surface area contributed by atoms with Crippen molar-refractivity contribution in [2.45, 2.75) is 39.5 Å². The van der Waals surface area contributed by atoms with Crippen LogP contribution in [0.4, 0.5) is 5.69 Å². The van der Waals surface area contributed by atoms with Crippen molar-refractivity contribution < 1.29 is 14.1 Å². The zero-order valence-electron chi connectivity index (χ0n) is 18.0. The van der Waals surface area contributed by atoms with Crippen LogP contribution in [0.5, 0.6) is 0 Å². The normalized spacial score (nSPS) is 16.2. The van der Waals surface area contributed by atoms with Gasteiger partial charge in [0.2, 0.25) is 17.6 Å². The molecule has 160 valence electrons. The Balaban J connectivity index is 1.47. The highest BCUT2D eigenvalue weighted by Crippen LogP contribution is 2.29. The summed E-state index contributed by atoms with van der Waals surface area (Å²) in [6.45, 7) is 6.77. The predicted molar refractivity (Wildman–Crippen MR) is 118 cm³/mol.